The van der Waals surface area contributed by atoms with Crippen LogP contribution < -0.4 is 5.32 Å². The fourth-order valence-electron chi connectivity index (χ4n) is 1.53. The van der Waals surface area contributed by atoms with Crippen LogP contribution in [0.3, 0.4) is 0 Å². The molecule has 0 saturated carbocycles. The summed E-state index contributed by atoms with van der Waals surface area (Å²) < 4.78 is 4.96. The van der Waals surface area contributed by atoms with Crippen molar-refractivity contribution in [3.8, 4) is 0 Å². The van der Waals surface area contributed by atoms with Gasteiger partial charge in [0.1, 0.15) is 0 Å². The molecule has 2 atom stereocenters. The smallest absolute Gasteiger partial charge is 0.220 e. The zero-order valence-electron chi connectivity index (χ0n) is 10.2. The van der Waals surface area contributed by atoms with Gasteiger partial charge in [0, 0.05) is 26.7 Å². The lowest BCUT2D eigenvalue weighted by Gasteiger charge is -2.13. The molecule has 1 heterocycles. The molecule has 4 nitrogen and oxygen atoms in total. The molecule has 17 heavy (non-hydrogen) atoms. The van der Waals surface area contributed by atoms with E-state index in [-0.39, 0.29) is 18.4 Å². The lowest BCUT2D eigenvalue weighted by molar-refractivity contribution is -0.122. The Morgan fingerprint density at radius 2 is 2.41 bits per heavy atom. The third kappa shape index (κ3) is 5.30. The summed E-state index contributed by atoms with van der Waals surface area (Å²) in [4.78, 5) is 11.5. The number of rotatable bonds is 7. The number of thiophene rings is 1. The van der Waals surface area contributed by atoms with Gasteiger partial charge in [0.2, 0.25) is 5.91 Å². The number of carbonyl (C=O) groups is 1. The molecule has 1 aromatic rings. The van der Waals surface area contributed by atoms with Crippen LogP contribution in [0.15, 0.2) is 16.8 Å². The standard InChI is InChI=1S/C12H19NO3S/c1-9(7-16-2)5-12(15)13-6-11(14)10-3-4-17-8-10/h3-4,8-9,11,14H,5-7H2,1-2H3,(H,13,15). The maximum atomic E-state index is 11.5. The Kier molecular flexibility index (Phi) is 6.18. The van der Waals surface area contributed by atoms with Crippen LogP contribution >= 0.6 is 11.3 Å². The molecule has 2 N–H and O–H groups in total. The maximum Gasteiger partial charge on any atom is 0.220 e. The summed E-state index contributed by atoms with van der Waals surface area (Å²) >= 11 is 1.53. The number of hydrogen-bond donors (Lipinski definition) is 2. The molecule has 0 spiro atoms. The van der Waals surface area contributed by atoms with Crippen molar-refractivity contribution in [2.75, 3.05) is 20.3 Å². The lowest BCUT2D eigenvalue weighted by Crippen LogP contribution is -2.30. The Labute approximate surface area is 106 Å². The van der Waals surface area contributed by atoms with Crippen LogP contribution in [-0.4, -0.2) is 31.3 Å². The molecule has 0 aliphatic rings. The highest BCUT2D eigenvalue weighted by Crippen LogP contribution is 2.15. The van der Waals surface area contributed by atoms with Gasteiger partial charge in [0.15, 0.2) is 0 Å². The predicted molar refractivity (Wildman–Crippen MR) is 67.9 cm³/mol. The molecule has 1 aromatic heterocycles. The first-order valence-corrected chi connectivity index (χ1v) is 6.53. The zero-order valence-corrected chi connectivity index (χ0v) is 11.0. The summed E-state index contributed by atoms with van der Waals surface area (Å²) in [5.74, 6) is 0.141. The van der Waals surface area contributed by atoms with Gasteiger partial charge in [-0.25, -0.2) is 0 Å². The van der Waals surface area contributed by atoms with Gasteiger partial charge in [-0.3, -0.25) is 4.79 Å². The average Bonchev–Trinajstić information content (AvgIpc) is 2.79. The number of nitrogens with one attached hydrogen (secondary N) is 1. The molecule has 0 aromatic carbocycles. The molecule has 0 saturated heterocycles. The summed E-state index contributed by atoms with van der Waals surface area (Å²) in [6.07, 6.45) is -0.201. The fraction of sp³-hybridized carbons (Fsp3) is 0.583. The minimum absolute atomic E-state index is 0.0520. The van der Waals surface area contributed by atoms with Crippen molar-refractivity contribution in [2.24, 2.45) is 5.92 Å². The van der Waals surface area contributed by atoms with Crippen molar-refractivity contribution in [2.45, 2.75) is 19.4 Å². The summed E-state index contributed by atoms with van der Waals surface area (Å²) in [7, 11) is 1.62. The number of methoxy groups -OCH3 is 1. The molecular weight excluding hydrogens is 238 g/mol. The van der Waals surface area contributed by atoms with Crippen molar-refractivity contribution in [1.29, 1.82) is 0 Å². The summed E-state index contributed by atoms with van der Waals surface area (Å²) in [6, 6.07) is 1.86. The Balaban J connectivity index is 2.24. The monoisotopic (exact) mass is 257 g/mol. The Hall–Kier alpha value is -0.910. The highest BCUT2D eigenvalue weighted by Gasteiger charge is 2.12. The van der Waals surface area contributed by atoms with E-state index in [9.17, 15) is 9.90 Å². The number of ether oxygens (including phenoxy) is 1. The van der Waals surface area contributed by atoms with Crippen LogP contribution in [0.1, 0.15) is 25.0 Å². The molecule has 0 fully saturated rings. The summed E-state index contributed by atoms with van der Waals surface area (Å²) in [5.41, 5.74) is 0.847. The molecular formula is C12H19NO3S. The lowest BCUT2D eigenvalue weighted by atomic mass is 10.1. The number of carbonyl (C=O) groups excluding carboxylic acids is 1. The van der Waals surface area contributed by atoms with E-state index in [0.29, 0.717) is 13.0 Å². The van der Waals surface area contributed by atoms with Gasteiger partial charge in [-0.15, -0.1) is 0 Å². The molecule has 2 unspecified atom stereocenters. The van der Waals surface area contributed by atoms with E-state index >= 15 is 0 Å². The van der Waals surface area contributed by atoms with Crippen molar-refractivity contribution in [3.63, 3.8) is 0 Å². The van der Waals surface area contributed by atoms with Crippen LogP contribution in [0.2, 0.25) is 0 Å². The largest absolute Gasteiger partial charge is 0.387 e. The predicted octanol–water partition coefficient (Wildman–Crippen LogP) is 1.57. The van der Waals surface area contributed by atoms with Gasteiger partial charge in [-0.05, 0) is 28.3 Å². The highest BCUT2D eigenvalue weighted by molar-refractivity contribution is 7.07. The molecule has 1 amide bonds. The first kappa shape index (κ1) is 14.2. The van der Waals surface area contributed by atoms with Crippen molar-refractivity contribution in [3.05, 3.63) is 22.4 Å². The minimum atomic E-state index is -0.622. The second kappa shape index (κ2) is 7.42. The molecule has 5 heteroatoms. The van der Waals surface area contributed by atoms with Gasteiger partial charge in [-0.2, -0.15) is 11.3 Å². The minimum Gasteiger partial charge on any atom is -0.387 e. The van der Waals surface area contributed by atoms with E-state index in [4.69, 9.17) is 4.74 Å². The van der Waals surface area contributed by atoms with Crippen LogP contribution in [0, 0.1) is 5.92 Å². The highest BCUT2D eigenvalue weighted by atomic mass is 32.1. The first-order valence-electron chi connectivity index (χ1n) is 5.59. The second-order valence-corrected chi connectivity index (χ2v) is 4.92. The molecule has 1 rings (SSSR count). The molecule has 0 radical (unpaired) electrons. The van der Waals surface area contributed by atoms with Crippen molar-refractivity contribution in [1.82, 2.24) is 5.32 Å². The summed E-state index contributed by atoms with van der Waals surface area (Å²) in [6.45, 7) is 2.79. The van der Waals surface area contributed by atoms with E-state index in [2.05, 4.69) is 5.32 Å². The Bertz CT molecular complexity index is 327. The molecule has 0 aliphatic carbocycles. The van der Waals surface area contributed by atoms with Crippen LogP contribution in [0.5, 0.6) is 0 Å². The van der Waals surface area contributed by atoms with Gasteiger partial charge < -0.3 is 15.2 Å². The Morgan fingerprint density at radius 3 is 3.00 bits per heavy atom. The van der Waals surface area contributed by atoms with Crippen LogP contribution in [-0.2, 0) is 9.53 Å². The molecule has 0 aliphatic heterocycles. The van der Waals surface area contributed by atoms with E-state index in [1.54, 1.807) is 7.11 Å². The number of aliphatic hydroxyl groups is 1. The fourth-order valence-corrected chi connectivity index (χ4v) is 2.23. The van der Waals surface area contributed by atoms with Gasteiger partial charge >= 0.3 is 0 Å². The SMILES string of the molecule is COCC(C)CC(=O)NCC(O)c1ccsc1. The number of amides is 1. The van der Waals surface area contributed by atoms with E-state index in [1.165, 1.54) is 11.3 Å². The van der Waals surface area contributed by atoms with E-state index in [0.717, 1.165) is 5.56 Å². The Morgan fingerprint density at radius 1 is 1.65 bits per heavy atom. The quantitative estimate of drug-likeness (QED) is 0.779. The van der Waals surface area contributed by atoms with Crippen molar-refractivity contribution < 1.29 is 14.6 Å². The number of hydrogen-bond acceptors (Lipinski definition) is 4. The van der Waals surface area contributed by atoms with E-state index < -0.39 is 6.10 Å². The summed E-state index contributed by atoms with van der Waals surface area (Å²) in [5, 5.41) is 16.3. The zero-order chi connectivity index (χ0) is 12.7. The van der Waals surface area contributed by atoms with Crippen LogP contribution in [0.25, 0.3) is 0 Å². The normalized spacial score (nSPS) is 14.3. The third-order valence-electron chi connectivity index (χ3n) is 2.41. The van der Waals surface area contributed by atoms with Crippen LogP contribution in [0.4, 0.5) is 0 Å². The van der Waals surface area contributed by atoms with Gasteiger partial charge in [0.05, 0.1) is 6.10 Å². The average molecular weight is 257 g/mol. The maximum absolute atomic E-state index is 11.5. The molecule has 96 valence electrons. The second-order valence-electron chi connectivity index (χ2n) is 4.14. The number of aliphatic hydroxyl groups excluding tert-OH is 1. The van der Waals surface area contributed by atoms with Crippen molar-refractivity contribution >= 4 is 17.2 Å². The topological polar surface area (TPSA) is 58.6 Å². The van der Waals surface area contributed by atoms with Gasteiger partial charge in [0.25, 0.3) is 0 Å². The van der Waals surface area contributed by atoms with Gasteiger partial charge in [-0.1, -0.05) is 6.92 Å². The third-order valence-corrected chi connectivity index (χ3v) is 3.11. The first-order chi connectivity index (χ1) is 8.13. The molecule has 0 bridgehead atoms. The van der Waals surface area contributed by atoms with E-state index in [1.807, 2.05) is 23.8 Å².